The SMILES string of the molecule is Cc1noc(CNS(=O)(=O)c2c(NN)nc3sccn23)n1. The third kappa shape index (κ3) is 2.49. The van der Waals surface area contributed by atoms with Gasteiger partial charge in [-0.15, -0.1) is 11.3 Å². The summed E-state index contributed by atoms with van der Waals surface area (Å²) in [6.45, 7) is 1.52. The van der Waals surface area contributed by atoms with Crippen molar-refractivity contribution < 1.29 is 12.9 Å². The minimum absolute atomic E-state index is 0.0658. The monoisotopic (exact) mass is 329 g/mol. The van der Waals surface area contributed by atoms with Gasteiger partial charge in [-0.25, -0.2) is 19.0 Å². The molecule has 12 heteroatoms. The summed E-state index contributed by atoms with van der Waals surface area (Å²) >= 11 is 1.29. The molecule has 0 unspecified atom stereocenters. The number of aryl methyl sites for hydroxylation is 1. The number of sulfonamides is 1. The second-order valence-electron chi connectivity index (χ2n) is 4.03. The molecule has 0 aliphatic carbocycles. The number of nitrogens with two attached hydrogens (primary N) is 1. The minimum atomic E-state index is -3.86. The van der Waals surface area contributed by atoms with E-state index in [1.54, 1.807) is 18.5 Å². The van der Waals surface area contributed by atoms with E-state index in [0.717, 1.165) is 0 Å². The van der Waals surface area contributed by atoms with Crippen molar-refractivity contribution in [2.45, 2.75) is 18.5 Å². The van der Waals surface area contributed by atoms with E-state index >= 15 is 0 Å². The fraction of sp³-hybridized carbons (Fsp3) is 0.222. The number of fused-ring (bicyclic) bond motifs is 1. The quantitative estimate of drug-likeness (QED) is 0.433. The highest BCUT2D eigenvalue weighted by Gasteiger charge is 2.26. The predicted molar refractivity (Wildman–Crippen MR) is 73.9 cm³/mol. The van der Waals surface area contributed by atoms with Gasteiger partial charge in [0.1, 0.15) is 0 Å². The second-order valence-corrected chi connectivity index (χ2v) is 6.58. The van der Waals surface area contributed by atoms with Gasteiger partial charge < -0.3 is 9.95 Å². The number of imidazole rings is 1. The van der Waals surface area contributed by atoms with Crippen LogP contribution in [-0.4, -0.2) is 27.9 Å². The normalized spacial score (nSPS) is 12.1. The van der Waals surface area contributed by atoms with Crippen molar-refractivity contribution in [3.05, 3.63) is 23.3 Å². The predicted octanol–water partition coefficient (Wildman–Crippen LogP) is -0.149. The molecule has 3 heterocycles. The largest absolute Gasteiger partial charge is 0.338 e. The van der Waals surface area contributed by atoms with Gasteiger partial charge in [0.15, 0.2) is 16.6 Å². The Hall–Kier alpha value is -2.02. The number of nitrogens with one attached hydrogen (secondary N) is 2. The average Bonchev–Trinajstić information content (AvgIpc) is 3.10. The first kappa shape index (κ1) is 13.9. The van der Waals surface area contributed by atoms with E-state index in [9.17, 15) is 8.42 Å². The Balaban J connectivity index is 1.94. The lowest BCUT2D eigenvalue weighted by atomic mass is 10.6. The molecule has 0 bridgehead atoms. The Morgan fingerprint density at radius 3 is 2.95 bits per heavy atom. The summed E-state index contributed by atoms with van der Waals surface area (Å²) in [6, 6.07) is 0. The maximum absolute atomic E-state index is 12.4. The Morgan fingerprint density at radius 1 is 1.48 bits per heavy atom. The van der Waals surface area contributed by atoms with E-state index < -0.39 is 10.0 Å². The van der Waals surface area contributed by atoms with E-state index in [1.807, 2.05) is 0 Å². The highest BCUT2D eigenvalue weighted by atomic mass is 32.2. The van der Waals surface area contributed by atoms with Gasteiger partial charge in [-0.3, -0.25) is 4.40 Å². The number of aromatic nitrogens is 4. The van der Waals surface area contributed by atoms with Gasteiger partial charge in [0.05, 0.1) is 6.54 Å². The van der Waals surface area contributed by atoms with E-state index in [0.29, 0.717) is 10.8 Å². The first-order chi connectivity index (χ1) is 10.0. The molecule has 0 fully saturated rings. The van der Waals surface area contributed by atoms with Gasteiger partial charge in [0.2, 0.25) is 10.9 Å². The van der Waals surface area contributed by atoms with Crippen LogP contribution in [0, 0.1) is 6.92 Å². The summed E-state index contributed by atoms with van der Waals surface area (Å²) in [5, 5.41) is 5.24. The zero-order valence-electron chi connectivity index (χ0n) is 10.8. The fourth-order valence-electron chi connectivity index (χ4n) is 1.75. The lowest BCUT2D eigenvalue weighted by Gasteiger charge is -2.05. The first-order valence-electron chi connectivity index (χ1n) is 5.72. The number of rotatable bonds is 5. The van der Waals surface area contributed by atoms with Crippen LogP contribution >= 0.6 is 11.3 Å². The van der Waals surface area contributed by atoms with E-state index in [2.05, 4.69) is 25.3 Å². The third-order valence-electron chi connectivity index (χ3n) is 2.59. The molecule has 3 aromatic heterocycles. The molecule has 0 saturated carbocycles. The van der Waals surface area contributed by atoms with Crippen molar-refractivity contribution in [2.24, 2.45) is 5.84 Å². The summed E-state index contributed by atoms with van der Waals surface area (Å²) in [5.74, 6) is 5.99. The number of thiazole rings is 1. The van der Waals surface area contributed by atoms with Crippen LogP contribution in [0.2, 0.25) is 0 Å². The van der Waals surface area contributed by atoms with Gasteiger partial charge in [0, 0.05) is 11.6 Å². The lowest BCUT2D eigenvalue weighted by molar-refractivity contribution is 0.372. The van der Waals surface area contributed by atoms with Crippen molar-refractivity contribution in [1.82, 2.24) is 24.2 Å². The zero-order valence-corrected chi connectivity index (χ0v) is 12.4. The maximum atomic E-state index is 12.4. The topological polar surface area (TPSA) is 140 Å². The molecule has 0 atom stereocenters. The molecule has 3 aromatic rings. The molecule has 0 spiro atoms. The minimum Gasteiger partial charge on any atom is -0.338 e. The van der Waals surface area contributed by atoms with Crippen LogP contribution in [-0.2, 0) is 16.6 Å². The van der Waals surface area contributed by atoms with E-state index in [4.69, 9.17) is 10.4 Å². The summed E-state index contributed by atoms with van der Waals surface area (Å²) in [6.07, 6.45) is 1.60. The molecule has 0 aromatic carbocycles. The molecule has 21 heavy (non-hydrogen) atoms. The van der Waals surface area contributed by atoms with Crippen LogP contribution in [0.15, 0.2) is 21.1 Å². The van der Waals surface area contributed by atoms with E-state index in [1.165, 1.54) is 15.7 Å². The Morgan fingerprint density at radius 2 is 2.29 bits per heavy atom. The molecule has 10 nitrogen and oxygen atoms in total. The summed E-state index contributed by atoms with van der Waals surface area (Å²) < 4.78 is 33.5. The molecular weight excluding hydrogens is 318 g/mol. The summed E-state index contributed by atoms with van der Waals surface area (Å²) in [7, 11) is -3.86. The second kappa shape index (κ2) is 5.07. The number of anilines is 1. The van der Waals surface area contributed by atoms with Crippen LogP contribution in [0.5, 0.6) is 0 Å². The van der Waals surface area contributed by atoms with Gasteiger partial charge in [-0.2, -0.15) is 9.97 Å². The molecule has 0 aliphatic rings. The molecular formula is C9H11N7O3S2. The van der Waals surface area contributed by atoms with Gasteiger partial charge >= 0.3 is 0 Å². The van der Waals surface area contributed by atoms with Crippen LogP contribution in [0.1, 0.15) is 11.7 Å². The number of nitrogens with zero attached hydrogens (tertiary/aromatic N) is 4. The lowest BCUT2D eigenvalue weighted by Crippen LogP contribution is -2.26. The van der Waals surface area contributed by atoms with E-state index in [-0.39, 0.29) is 23.3 Å². The molecule has 0 aliphatic heterocycles. The van der Waals surface area contributed by atoms with Crippen molar-refractivity contribution in [3.8, 4) is 0 Å². The Bertz CT molecular complexity index is 878. The smallest absolute Gasteiger partial charge is 0.260 e. The Labute approximate surface area is 123 Å². The molecule has 4 N–H and O–H groups in total. The van der Waals surface area contributed by atoms with Gasteiger partial charge in [-0.1, -0.05) is 5.16 Å². The van der Waals surface area contributed by atoms with Crippen molar-refractivity contribution in [3.63, 3.8) is 0 Å². The molecule has 3 rings (SSSR count). The van der Waals surface area contributed by atoms with Gasteiger partial charge in [0.25, 0.3) is 10.0 Å². The third-order valence-corrected chi connectivity index (χ3v) is 4.77. The number of hydrogen-bond donors (Lipinski definition) is 3. The average molecular weight is 329 g/mol. The maximum Gasteiger partial charge on any atom is 0.260 e. The Kier molecular flexibility index (Phi) is 3.36. The molecule has 0 radical (unpaired) electrons. The zero-order chi connectivity index (χ0) is 15.0. The first-order valence-corrected chi connectivity index (χ1v) is 8.08. The van der Waals surface area contributed by atoms with Crippen molar-refractivity contribution in [2.75, 3.05) is 5.43 Å². The van der Waals surface area contributed by atoms with Gasteiger partial charge in [-0.05, 0) is 6.92 Å². The van der Waals surface area contributed by atoms with Crippen LogP contribution in [0.3, 0.4) is 0 Å². The van der Waals surface area contributed by atoms with Crippen LogP contribution < -0.4 is 16.0 Å². The highest BCUT2D eigenvalue weighted by molar-refractivity contribution is 7.89. The molecule has 112 valence electrons. The summed E-state index contributed by atoms with van der Waals surface area (Å²) in [5.41, 5.74) is 2.28. The fourth-order valence-corrected chi connectivity index (χ4v) is 3.74. The molecule has 0 saturated heterocycles. The molecule has 0 amide bonds. The van der Waals surface area contributed by atoms with Crippen molar-refractivity contribution >= 4 is 32.1 Å². The standard InChI is InChI=1S/C9H11N7O3S2/c1-5-12-6(19-15-5)4-11-21(17,18)8-7(14-10)13-9-16(8)2-3-20-9/h2-3,11,14H,4,10H2,1H3. The van der Waals surface area contributed by atoms with Crippen LogP contribution in [0.4, 0.5) is 5.82 Å². The number of hydrogen-bond acceptors (Lipinski definition) is 9. The highest BCUT2D eigenvalue weighted by Crippen LogP contribution is 2.24. The summed E-state index contributed by atoms with van der Waals surface area (Å²) in [4.78, 5) is 8.53. The number of nitrogen functional groups attached to an aromatic ring is 1. The van der Waals surface area contributed by atoms with Crippen molar-refractivity contribution in [1.29, 1.82) is 0 Å². The van der Waals surface area contributed by atoms with Crippen LogP contribution in [0.25, 0.3) is 4.96 Å². The number of hydrazine groups is 1.